The third-order valence-electron chi connectivity index (χ3n) is 7.52. The zero-order valence-electron chi connectivity index (χ0n) is 28.4. The van der Waals surface area contributed by atoms with Crippen molar-refractivity contribution in [3.8, 4) is 5.19 Å². The molecule has 1 saturated heterocycles. The molecule has 3 rings (SSSR count). The van der Waals surface area contributed by atoms with Gasteiger partial charge in [0, 0.05) is 18.2 Å². The van der Waals surface area contributed by atoms with Gasteiger partial charge >= 0.3 is 5.97 Å². The highest BCUT2D eigenvalue weighted by Crippen LogP contribution is 2.29. The van der Waals surface area contributed by atoms with E-state index in [1.54, 1.807) is 19.2 Å². The number of nitrogens with zero attached hydrogens (tertiary/aromatic N) is 1. The molecule has 0 bridgehead atoms. The molecule has 0 saturated carbocycles. The number of Topliss-reactive ketones (excluding diaryl/α,β-unsaturated/α-hetero) is 1. The molecule has 1 aliphatic heterocycles. The summed E-state index contributed by atoms with van der Waals surface area (Å²) in [6.45, 7) is 10.9. The summed E-state index contributed by atoms with van der Waals surface area (Å²) in [4.78, 5) is 81.5. The molecule has 48 heavy (non-hydrogen) atoms. The van der Waals surface area contributed by atoms with Gasteiger partial charge in [0.25, 0.3) is 5.19 Å². The van der Waals surface area contributed by atoms with Crippen LogP contribution < -0.4 is 26.0 Å². The number of esters is 1. The summed E-state index contributed by atoms with van der Waals surface area (Å²) in [5.41, 5.74) is 0.248. The molecule has 13 nitrogen and oxygen atoms in total. The van der Waals surface area contributed by atoms with Gasteiger partial charge in [-0.05, 0) is 37.2 Å². The number of hydrogen-bond acceptors (Lipinski definition) is 10. The maximum absolute atomic E-state index is 13.7. The Balaban J connectivity index is 1.66. The first-order valence-electron chi connectivity index (χ1n) is 16.2. The maximum atomic E-state index is 13.7. The Kier molecular flexibility index (Phi) is 14.2. The van der Waals surface area contributed by atoms with Crippen molar-refractivity contribution in [1.82, 2.24) is 26.3 Å². The highest BCUT2D eigenvalue weighted by molar-refractivity contribution is 7.11. The Bertz CT molecular complexity index is 1440. The van der Waals surface area contributed by atoms with Crippen molar-refractivity contribution in [3.63, 3.8) is 0 Å². The number of aromatic nitrogens is 1. The van der Waals surface area contributed by atoms with Crippen LogP contribution in [-0.4, -0.2) is 77.2 Å². The highest BCUT2D eigenvalue weighted by Gasteiger charge is 2.50. The summed E-state index contributed by atoms with van der Waals surface area (Å²) in [6.07, 6.45) is 0.890. The van der Waals surface area contributed by atoms with Gasteiger partial charge in [0.2, 0.25) is 23.6 Å². The van der Waals surface area contributed by atoms with Crippen LogP contribution in [0.15, 0.2) is 35.7 Å². The first-order valence-corrected chi connectivity index (χ1v) is 17.1. The molecule has 4 N–H and O–H groups in total. The number of ketones is 1. The van der Waals surface area contributed by atoms with Crippen molar-refractivity contribution < 1.29 is 38.2 Å². The second-order valence-electron chi connectivity index (χ2n) is 13.0. The van der Waals surface area contributed by atoms with Crippen LogP contribution in [0, 0.1) is 11.8 Å². The molecule has 0 spiro atoms. The summed E-state index contributed by atoms with van der Waals surface area (Å²) in [7, 11) is 0. The first-order chi connectivity index (χ1) is 22.7. The molecule has 262 valence electrons. The molecule has 0 aliphatic carbocycles. The lowest BCUT2D eigenvalue weighted by molar-refractivity contribution is -0.134. The van der Waals surface area contributed by atoms with E-state index in [1.807, 2.05) is 58.0 Å². The molecule has 2 aromatic rings. The van der Waals surface area contributed by atoms with Crippen LogP contribution in [0.2, 0.25) is 0 Å². The fourth-order valence-electron chi connectivity index (χ4n) is 4.87. The molecule has 0 radical (unpaired) electrons. The number of rotatable bonds is 19. The van der Waals surface area contributed by atoms with E-state index in [9.17, 15) is 28.8 Å². The predicted molar refractivity (Wildman–Crippen MR) is 179 cm³/mol. The number of ether oxygens (including phenoxy) is 2. The van der Waals surface area contributed by atoms with Crippen LogP contribution in [0.3, 0.4) is 0 Å². The third-order valence-corrected chi connectivity index (χ3v) is 8.29. The summed E-state index contributed by atoms with van der Waals surface area (Å²) in [5, 5.41) is 12.6. The molecular weight excluding hydrogens is 638 g/mol. The van der Waals surface area contributed by atoms with E-state index in [4.69, 9.17) is 9.47 Å². The van der Waals surface area contributed by atoms with Gasteiger partial charge in [0.1, 0.15) is 17.7 Å². The Morgan fingerprint density at radius 3 is 2.10 bits per heavy atom. The quantitative estimate of drug-likeness (QED) is 0.127. The van der Waals surface area contributed by atoms with Crippen LogP contribution in [0.1, 0.15) is 72.1 Å². The number of thiazole rings is 1. The van der Waals surface area contributed by atoms with E-state index in [2.05, 4.69) is 26.3 Å². The summed E-state index contributed by atoms with van der Waals surface area (Å²) in [6, 6.07) is 6.33. The van der Waals surface area contributed by atoms with Crippen molar-refractivity contribution in [1.29, 1.82) is 0 Å². The average molecular weight is 686 g/mol. The lowest BCUT2D eigenvalue weighted by atomic mass is 9.93. The third kappa shape index (κ3) is 12.5. The van der Waals surface area contributed by atoms with Gasteiger partial charge in [-0.15, -0.1) is 0 Å². The first kappa shape index (κ1) is 38.3. The number of hydrogen-bond donors (Lipinski definition) is 4. The van der Waals surface area contributed by atoms with Crippen molar-refractivity contribution in [2.24, 2.45) is 11.8 Å². The largest absolute Gasteiger partial charge is 0.398 e. The molecule has 1 aromatic heterocycles. The normalized spacial score (nSPS) is 17.2. The smallest absolute Gasteiger partial charge is 0.312 e. The number of benzene rings is 1. The van der Waals surface area contributed by atoms with E-state index in [0.717, 1.165) is 16.9 Å². The average Bonchev–Trinajstić information content (AvgIpc) is 3.64. The monoisotopic (exact) mass is 685 g/mol. The number of epoxide rings is 1. The molecule has 1 aromatic carbocycles. The van der Waals surface area contributed by atoms with Crippen LogP contribution in [0.5, 0.6) is 5.19 Å². The second-order valence-corrected chi connectivity index (χ2v) is 13.8. The Hall–Kier alpha value is -4.17. The topological polar surface area (TPSA) is 185 Å². The molecular formula is C34H47N5O8S. The van der Waals surface area contributed by atoms with Crippen LogP contribution in [0.25, 0.3) is 0 Å². The SMILES string of the molecule is CCC(=O)Oc1nc(CC(=O)NCC(=O)NC(CC(C)C)C(=O)NC(Cc2ccccc2)C(=O)NC(CC(C)C)C(=O)C2(C)CO2)cs1. The standard InChI is InChI=1S/C34H47N5O8S/c1-7-29(42)47-33-36-23(18-48-33)16-27(40)35-17-28(41)37-25(14-21(4)5)31(44)39-26(15-22-11-9-8-10-12-22)32(45)38-24(13-20(2)3)30(43)34(6)19-46-34/h8-12,18,20-21,24-26H,7,13-17,19H2,1-6H3,(H,35,40)(H,37,41)(H,38,45)(H,39,44). The lowest BCUT2D eigenvalue weighted by Crippen LogP contribution is -2.58. The van der Waals surface area contributed by atoms with E-state index >= 15 is 0 Å². The molecule has 4 amide bonds. The van der Waals surface area contributed by atoms with Gasteiger partial charge < -0.3 is 30.7 Å². The maximum Gasteiger partial charge on any atom is 0.312 e. The Labute approximate surface area is 285 Å². The van der Waals surface area contributed by atoms with Crippen LogP contribution in [-0.2, 0) is 46.3 Å². The summed E-state index contributed by atoms with van der Waals surface area (Å²) >= 11 is 1.09. The molecule has 1 aliphatic rings. The van der Waals surface area contributed by atoms with E-state index in [0.29, 0.717) is 18.7 Å². The van der Waals surface area contributed by atoms with Crippen molar-refractivity contribution in [2.45, 2.75) is 97.4 Å². The minimum absolute atomic E-state index is 0.00467. The van der Waals surface area contributed by atoms with Gasteiger partial charge in [-0.2, -0.15) is 0 Å². The van der Waals surface area contributed by atoms with Gasteiger partial charge in [0.15, 0.2) is 5.78 Å². The van der Waals surface area contributed by atoms with Gasteiger partial charge in [-0.3, -0.25) is 28.8 Å². The van der Waals surface area contributed by atoms with Crippen molar-refractivity contribution >= 4 is 46.7 Å². The Morgan fingerprint density at radius 2 is 1.50 bits per heavy atom. The van der Waals surface area contributed by atoms with E-state index in [-0.39, 0.29) is 48.5 Å². The van der Waals surface area contributed by atoms with E-state index < -0.39 is 59.9 Å². The number of carbonyl (C=O) groups is 6. The number of amides is 4. The highest BCUT2D eigenvalue weighted by atomic mass is 32.1. The molecule has 4 unspecified atom stereocenters. The Morgan fingerprint density at radius 1 is 0.896 bits per heavy atom. The number of nitrogens with one attached hydrogen (secondary N) is 4. The van der Waals surface area contributed by atoms with Crippen molar-refractivity contribution in [3.05, 3.63) is 47.0 Å². The van der Waals surface area contributed by atoms with Crippen molar-refractivity contribution in [2.75, 3.05) is 13.2 Å². The summed E-state index contributed by atoms with van der Waals surface area (Å²) in [5.74, 6) is -2.70. The van der Waals surface area contributed by atoms with Crippen LogP contribution in [0.4, 0.5) is 0 Å². The summed E-state index contributed by atoms with van der Waals surface area (Å²) < 4.78 is 10.4. The minimum Gasteiger partial charge on any atom is -0.398 e. The molecule has 14 heteroatoms. The molecule has 1 fully saturated rings. The van der Waals surface area contributed by atoms with E-state index in [1.165, 1.54) is 0 Å². The van der Waals surface area contributed by atoms with Gasteiger partial charge in [-0.1, -0.05) is 76.3 Å². The number of carbonyl (C=O) groups excluding carboxylic acids is 6. The zero-order valence-corrected chi connectivity index (χ0v) is 29.2. The van der Waals surface area contributed by atoms with Gasteiger partial charge in [0.05, 0.1) is 31.3 Å². The lowest BCUT2D eigenvalue weighted by Gasteiger charge is -2.27. The second kappa shape index (κ2) is 17.8. The zero-order chi connectivity index (χ0) is 35.4. The molecule has 2 heterocycles. The fraction of sp³-hybridized carbons (Fsp3) is 0.559. The van der Waals surface area contributed by atoms with Gasteiger partial charge in [-0.25, -0.2) is 4.98 Å². The molecule has 4 atom stereocenters. The minimum atomic E-state index is -1.04. The predicted octanol–water partition coefficient (Wildman–Crippen LogP) is 2.26. The van der Waals surface area contributed by atoms with Crippen LogP contribution >= 0.6 is 11.3 Å². The fourth-order valence-corrected chi connectivity index (χ4v) is 5.55.